The van der Waals surface area contributed by atoms with Crippen LogP contribution in [0.1, 0.15) is 49.0 Å². The first-order chi connectivity index (χ1) is 16.5. The molecule has 0 spiro atoms. The standard InChI is InChI=1S/C25H31F2N7/c1-16-9-19-18(3-4-21-20(19)10-30-32-21)24(34(16)15-25(27)5-6-25)22-11-29-23(12-28-22)31-17-13-33(14-17)8-2-7-26/h3-4,10-12,16-17,24H,2,5-9,13-15H2,1H3,(H,29,31)(H,30,32)/t16-,24?/m1/s1. The molecule has 0 amide bonds. The van der Waals surface area contributed by atoms with Crippen molar-refractivity contribution in [2.45, 2.75) is 56.4 Å². The van der Waals surface area contributed by atoms with Crippen molar-refractivity contribution in [3.8, 4) is 0 Å². The molecule has 1 saturated carbocycles. The second-order valence-electron chi connectivity index (χ2n) is 10.2. The highest BCUT2D eigenvalue weighted by Gasteiger charge is 2.48. The molecule has 1 aliphatic carbocycles. The van der Waals surface area contributed by atoms with E-state index >= 15 is 0 Å². The molecular weight excluding hydrogens is 436 g/mol. The molecule has 0 radical (unpaired) electrons. The van der Waals surface area contributed by atoms with Gasteiger partial charge >= 0.3 is 0 Å². The Morgan fingerprint density at radius 1 is 1.18 bits per heavy atom. The molecule has 0 bridgehead atoms. The number of benzene rings is 1. The van der Waals surface area contributed by atoms with Gasteiger partial charge < -0.3 is 5.32 Å². The molecule has 2 aromatic heterocycles. The first kappa shape index (κ1) is 21.9. The largest absolute Gasteiger partial charge is 0.363 e. The zero-order chi connectivity index (χ0) is 23.3. The summed E-state index contributed by atoms with van der Waals surface area (Å²) in [5.41, 5.74) is 3.19. The van der Waals surface area contributed by atoms with Gasteiger partial charge in [0.25, 0.3) is 0 Å². The summed E-state index contributed by atoms with van der Waals surface area (Å²) in [6, 6.07) is 4.52. The van der Waals surface area contributed by atoms with Crippen LogP contribution in [0.4, 0.5) is 14.6 Å². The smallest absolute Gasteiger partial charge is 0.144 e. The van der Waals surface area contributed by atoms with Gasteiger partial charge in [-0.05, 0) is 49.8 Å². The van der Waals surface area contributed by atoms with E-state index in [1.165, 1.54) is 5.56 Å². The van der Waals surface area contributed by atoms with Crippen LogP contribution in [0.3, 0.4) is 0 Å². The van der Waals surface area contributed by atoms with Crippen LogP contribution in [0.5, 0.6) is 0 Å². The number of hydrogen-bond acceptors (Lipinski definition) is 6. The monoisotopic (exact) mass is 467 g/mol. The van der Waals surface area contributed by atoms with Gasteiger partial charge in [0, 0.05) is 37.6 Å². The maximum Gasteiger partial charge on any atom is 0.144 e. The van der Waals surface area contributed by atoms with E-state index in [-0.39, 0.29) is 18.8 Å². The number of H-pyrrole nitrogens is 1. The third kappa shape index (κ3) is 4.05. The molecule has 7 nitrogen and oxygen atoms in total. The number of aromatic amines is 1. The minimum absolute atomic E-state index is 0.146. The number of nitrogens with zero attached hydrogens (tertiary/aromatic N) is 5. The molecular formula is C25H31F2N7. The van der Waals surface area contributed by atoms with E-state index in [0.717, 1.165) is 54.0 Å². The second-order valence-corrected chi connectivity index (χ2v) is 10.2. The highest BCUT2D eigenvalue weighted by atomic mass is 19.1. The van der Waals surface area contributed by atoms with Gasteiger partial charge in [0.2, 0.25) is 0 Å². The van der Waals surface area contributed by atoms with E-state index in [1.807, 2.05) is 12.4 Å². The van der Waals surface area contributed by atoms with Crippen molar-refractivity contribution in [1.82, 2.24) is 30.0 Å². The van der Waals surface area contributed by atoms with Crippen molar-refractivity contribution in [3.63, 3.8) is 0 Å². The van der Waals surface area contributed by atoms with Crippen LogP contribution >= 0.6 is 0 Å². The fourth-order valence-electron chi connectivity index (χ4n) is 5.51. The van der Waals surface area contributed by atoms with Crippen molar-refractivity contribution in [1.29, 1.82) is 0 Å². The summed E-state index contributed by atoms with van der Waals surface area (Å²) in [5.74, 6) is 0.740. The minimum atomic E-state index is -1.09. The highest BCUT2D eigenvalue weighted by molar-refractivity contribution is 5.83. The lowest BCUT2D eigenvalue weighted by molar-refractivity contribution is 0.0967. The molecule has 2 fully saturated rings. The number of anilines is 1. The summed E-state index contributed by atoms with van der Waals surface area (Å²) in [5, 5.41) is 11.9. The fourth-order valence-corrected chi connectivity index (χ4v) is 5.51. The summed E-state index contributed by atoms with van der Waals surface area (Å²) in [6.07, 6.45) is 8.22. The number of likely N-dealkylation sites (tertiary alicyclic amines) is 1. The topological polar surface area (TPSA) is 73.0 Å². The Bertz CT molecular complexity index is 1150. The van der Waals surface area contributed by atoms with Crippen molar-refractivity contribution in [2.24, 2.45) is 0 Å². The van der Waals surface area contributed by atoms with Crippen molar-refractivity contribution < 1.29 is 8.78 Å². The molecule has 2 atom stereocenters. The number of alkyl halides is 2. The molecule has 6 rings (SSSR count). The molecule has 1 saturated heterocycles. The van der Waals surface area contributed by atoms with Gasteiger partial charge in [0.05, 0.1) is 48.6 Å². The minimum Gasteiger partial charge on any atom is -0.363 e. The van der Waals surface area contributed by atoms with E-state index in [4.69, 9.17) is 4.98 Å². The highest BCUT2D eigenvalue weighted by Crippen LogP contribution is 2.46. The Labute approximate surface area is 197 Å². The maximum atomic E-state index is 15.0. The van der Waals surface area contributed by atoms with Crippen LogP contribution in [0.25, 0.3) is 10.9 Å². The Morgan fingerprint density at radius 3 is 2.76 bits per heavy atom. The predicted molar refractivity (Wildman–Crippen MR) is 127 cm³/mol. The molecule has 1 unspecified atom stereocenters. The molecule has 34 heavy (non-hydrogen) atoms. The maximum absolute atomic E-state index is 15.0. The zero-order valence-electron chi connectivity index (χ0n) is 19.5. The third-order valence-corrected chi connectivity index (χ3v) is 7.59. The number of aromatic nitrogens is 4. The quantitative estimate of drug-likeness (QED) is 0.527. The predicted octanol–water partition coefficient (Wildman–Crippen LogP) is 3.65. The van der Waals surface area contributed by atoms with Gasteiger partial charge in [-0.1, -0.05) is 6.07 Å². The lowest BCUT2D eigenvalue weighted by Crippen LogP contribution is -2.54. The average Bonchev–Trinajstić information content (AvgIpc) is 3.33. The SMILES string of the molecule is C[C@@H]1Cc2c(ccc3[nH]ncc23)C(c2cnc(NC3CN(CCCF)C3)cn2)N1CC1(F)CC1. The molecule has 3 aliphatic rings. The molecule has 2 N–H and O–H groups in total. The second kappa shape index (κ2) is 8.53. The molecule has 1 aromatic carbocycles. The Balaban J connectivity index is 1.26. The summed E-state index contributed by atoms with van der Waals surface area (Å²) >= 11 is 0. The van der Waals surface area contributed by atoms with Crippen molar-refractivity contribution >= 4 is 16.7 Å². The van der Waals surface area contributed by atoms with E-state index in [1.54, 1.807) is 6.20 Å². The van der Waals surface area contributed by atoms with E-state index in [0.29, 0.717) is 31.8 Å². The molecule has 2 aliphatic heterocycles. The fraction of sp³-hybridized carbons (Fsp3) is 0.560. The number of fused-ring (bicyclic) bond motifs is 3. The lowest BCUT2D eigenvalue weighted by atomic mass is 9.85. The molecule has 180 valence electrons. The van der Waals surface area contributed by atoms with Crippen LogP contribution < -0.4 is 5.32 Å². The number of nitrogens with one attached hydrogen (secondary N) is 2. The lowest BCUT2D eigenvalue weighted by Gasteiger charge is -2.42. The summed E-state index contributed by atoms with van der Waals surface area (Å²) in [4.78, 5) is 14.0. The van der Waals surface area contributed by atoms with Gasteiger partial charge in [-0.3, -0.25) is 24.3 Å². The van der Waals surface area contributed by atoms with Crippen LogP contribution in [-0.2, 0) is 6.42 Å². The molecule has 9 heteroatoms. The van der Waals surface area contributed by atoms with Crippen LogP contribution in [0, 0.1) is 0 Å². The molecule has 3 aromatic rings. The van der Waals surface area contributed by atoms with Crippen LogP contribution in [0.15, 0.2) is 30.7 Å². The van der Waals surface area contributed by atoms with Gasteiger partial charge in [-0.15, -0.1) is 0 Å². The van der Waals surface area contributed by atoms with Gasteiger partial charge in [0.1, 0.15) is 11.5 Å². The number of rotatable bonds is 8. The Kier molecular flexibility index (Phi) is 5.49. The first-order valence-electron chi connectivity index (χ1n) is 12.3. The van der Waals surface area contributed by atoms with Crippen molar-refractivity contribution in [2.75, 3.05) is 38.2 Å². The third-order valence-electron chi connectivity index (χ3n) is 7.59. The Hall–Kier alpha value is -2.65. The van der Waals surface area contributed by atoms with Crippen LogP contribution in [-0.4, -0.2) is 80.6 Å². The van der Waals surface area contributed by atoms with Crippen molar-refractivity contribution in [3.05, 3.63) is 47.5 Å². The zero-order valence-corrected chi connectivity index (χ0v) is 19.5. The number of hydrogen-bond donors (Lipinski definition) is 2. The van der Waals surface area contributed by atoms with Gasteiger partial charge in [0.15, 0.2) is 0 Å². The average molecular weight is 468 g/mol. The molecule has 4 heterocycles. The normalized spacial score (nSPS) is 24.7. The van der Waals surface area contributed by atoms with Crippen LogP contribution in [0.2, 0.25) is 0 Å². The van der Waals surface area contributed by atoms with E-state index < -0.39 is 5.67 Å². The van der Waals surface area contributed by atoms with Gasteiger partial charge in [-0.25, -0.2) is 9.37 Å². The van der Waals surface area contributed by atoms with E-state index in [9.17, 15) is 8.78 Å². The Morgan fingerprint density at radius 2 is 2.03 bits per heavy atom. The number of halogens is 2. The summed E-state index contributed by atoms with van der Waals surface area (Å²) < 4.78 is 27.3. The summed E-state index contributed by atoms with van der Waals surface area (Å²) in [7, 11) is 0. The van der Waals surface area contributed by atoms with E-state index in [2.05, 4.69) is 49.4 Å². The summed E-state index contributed by atoms with van der Waals surface area (Å²) in [6.45, 7) is 4.91. The first-order valence-corrected chi connectivity index (χ1v) is 12.3. The van der Waals surface area contributed by atoms with Gasteiger partial charge in [-0.2, -0.15) is 5.10 Å².